The Morgan fingerprint density at radius 3 is 2.58 bits per heavy atom. The standard InChI is InChI=1S/C22H32O4/c1-13-11-22-12-15(13)6-7-16(22)20(3)8-5-9-21(4,19(24)25)17(20)10-18(22)26-14(2)23/h15-18H,1,5-12H2,2-4H3,(H,24,25)/t15-,16-,17-,18-,20-,21-,22-/m0/s1. The van der Waals surface area contributed by atoms with Gasteiger partial charge in [-0.15, -0.1) is 0 Å². The Morgan fingerprint density at radius 1 is 1.19 bits per heavy atom. The third-order valence-corrected chi connectivity index (χ3v) is 8.92. The number of ether oxygens (including phenoxy) is 1. The molecule has 26 heavy (non-hydrogen) atoms. The normalized spacial score (nSPS) is 49.9. The van der Waals surface area contributed by atoms with Gasteiger partial charge in [0, 0.05) is 12.3 Å². The van der Waals surface area contributed by atoms with Crippen molar-refractivity contribution >= 4 is 11.9 Å². The number of esters is 1. The van der Waals surface area contributed by atoms with Crippen LogP contribution in [-0.2, 0) is 14.3 Å². The van der Waals surface area contributed by atoms with Gasteiger partial charge in [0.05, 0.1) is 5.41 Å². The zero-order valence-electron chi connectivity index (χ0n) is 16.3. The number of allylic oxidation sites excluding steroid dienone is 1. The number of rotatable bonds is 2. The van der Waals surface area contributed by atoms with Crippen LogP contribution in [0, 0.1) is 34.0 Å². The quantitative estimate of drug-likeness (QED) is 0.578. The van der Waals surface area contributed by atoms with E-state index >= 15 is 0 Å². The smallest absolute Gasteiger partial charge is 0.309 e. The largest absolute Gasteiger partial charge is 0.481 e. The molecule has 4 aliphatic carbocycles. The van der Waals surface area contributed by atoms with Crippen LogP contribution in [-0.4, -0.2) is 23.1 Å². The van der Waals surface area contributed by atoms with E-state index in [0.717, 1.165) is 44.9 Å². The number of carbonyl (C=O) groups is 2. The molecule has 7 atom stereocenters. The number of hydrogen-bond donors (Lipinski definition) is 1. The first-order valence-electron chi connectivity index (χ1n) is 10.2. The van der Waals surface area contributed by atoms with Gasteiger partial charge in [-0.05, 0) is 75.0 Å². The molecule has 0 heterocycles. The lowest BCUT2D eigenvalue weighted by Gasteiger charge is -2.65. The molecule has 0 aliphatic heterocycles. The van der Waals surface area contributed by atoms with Gasteiger partial charge in [0.2, 0.25) is 0 Å². The average molecular weight is 360 g/mol. The SMILES string of the molecule is C=C1C[C@]23C[C@@H]1CC[C@H]2[C@]1(C)CCC[C@](C)(C(=O)O)[C@H]1C[C@@H]3OC(C)=O. The summed E-state index contributed by atoms with van der Waals surface area (Å²) in [5.41, 5.74) is 0.591. The van der Waals surface area contributed by atoms with Crippen molar-refractivity contribution in [3.63, 3.8) is 0 Å². The predicted octanol–water partition coefficient (Wildman–Crippen LogP) is 4.58. The number of aliphatic carboxylic acids is 1. The maximum absolute atomic E-state index is 12.2. The Kier molecular flexibility index (Phi) is 3.88. The summed E-state index contributed by atoms with van der Waals surface area (Å²) < 4.78 is 5.92. The molecule has 144 valence electrons. The maximum atomic E-state index is 12.2. The van der Waals surface area contributed by atoms with Crippen LogP contribution < -0.4 is 0 Å². The third-order valence-electron chi connectivity index (χ3n) is 8.92. The first-order valence-corrected chi connectivity index (χ1v) is 10.2. The van der Waals surface area contributed by atoms with Crippen LogP contribution in [0.4, 0.5) is 0 Å². The summed E-state index contributed by atoms with van der Waals surface area (Å²) in [7, 11) is 0. The molecule has 0 radical (unpaired) electrons. The summed E-state index contributed by atoms with van der Waals surface area (Å²) in [6.07, 6.45) is 7.62. The molecule has 4 saturated carbocycles. The van der Waals surface area contributed by atoms with Crippen LogP contribution in [0.5, 0.6) is 0 Å². The number of carboxylic acids is 1. The molecule has 4 fully saturated rings. The van der Waals surface area contributed by atoms with Crippen molar-refractivity contribution in [2.75, 3.05) is 0 Å². The zero-order chi connectivity index (χ0) is 18.9. The molecule has 0 aromatic heterocycles. The van der Waals surface area contributed by atoms with E-state index in [0.29, 0.717) is 18.3 Å². The molecule has 0 amide bonds. The molecule has 0 aromatic carbocycles. The highest BCUT2D eigenvalue weighted by atomic mass is 16.5. The van der Waals surface area contributed by atoms with Gasteiger partial charge in [0.25, 0.3) is 0 Å². The summed E-state index contributed by atoms with van der Waals surface area (Å²) in [4.78, 5) is 24.2. The molecule has 2 bridgehead atoms. The van der Waals surface area contributed by atoms with Crippen molar-refractivity contribution in [3.05, 3.63) is 12.2 Å². The van der Waals surface area contributed by atoms with Gasteiger partial charge in [0.15, 0.2) is 0 Å². The van der Waals surface area contributed by atoms with Crippen LogP contribution in [0.15, 0.2) is 12.2 Å². The molecular formula is C22H32O4. The first kappa shape index (κ1) is 18.1. The highest BCUT2D eigenvalue weighted by Gasteiger charge is 2.69. The van der Waals surface area contributed by atoms with Crippen molar-refractivity contribution in [1.29, 1.82) is 0 Å². The summed E-state index contributed by atoms with van der Waals surface area (Å²) in [6, 6.07) is 0. The lowest BCUT2D eigenvalue weighted by molar-refractivity contribution is -0.218. The minimum absolute atomic E-state index is 0.0115. The van der Waals surface area contributed by atoms with E-state index in [2.05, 4.69) is 13.5 Å². The summed E-state index contributed by atoms with van der Waals surface area (Å²) >= 11 is 0. The van der Waals surface area contributed by atoms with Gasteiger partial charge in [-0.3, -0.25) is 9.59 Å². The molecule has 0 saturated heterocycles. The number of fused-ring (bicyclic) bond motifs is 3. The second kappa shape index (κ2) is 5.59. The topological polar surface area (TPSA) is 63.6 Å². The summed E-state index contributed by atoms with van der Waals surface area (Å²) in [5.74, 6) is 0.118. The Labute approximate surface area is 156 Å². The van der Waals surface area contributed by atoms with Gasteiger partial charge in [-0.25, -0.2) is 0 Å². The lowest BCUT2D eigenvalue weighted by Crippen LogP contribution is -2.63. The van der Waals surface area contributed by atoms with Gasteiger partial charge in [-0.2, -0.15) is 0 Å². The molecule has 0 aromatic rings. The van der Waals surface area contributed by atoms with Crippen molar-refractivity contribution in [2.45, 2.75) is 78.2 Å². The van der Waals surface area contributed by atoms with E-state index in [1.54, 1.807) is 0 Å². The van der Waals surface area contributed by atoms with Crippen LogP contribution in [0.1, 0.15) is 72.1 Å². The average Bonchev–Trinajstić information content (AvgIpc) is 2.79. The van der Waals surface area contributed by atoms with E-state index in [-0.39, 0.29) is 28.8 Å². The second-order valence-corrected chi connectivity index (χ2v) is 10.1. The first-order chi connectivity index (χ1) is 12.1. The summed E-state index contributed by atoms with van der Waals surface area (Å²) in [6.45, 7) is 10.1. The Morgan fingerprint density at radius 2 is 1.92 bits per heavy atom. The van der Waals surface area contributed by atoms with Crippen LogP contribution in [0.2, 0.25) is 0 Å². The summed E-state index contributed by atoms with van der Waals surface area (Å²) in [5, 5.41) is 10.1. The fraction of sp³-hybridized carbons (Fsp3) is 0.818. The molecule has 4 aliphatic rings. The lowest BCUT2D eigenvalue weighted by atomic mass is 9.40. The van der Waals surface area contributed by atoms with E-state index in [1.807, 2.05) is 6.92 Å². The number of carbonyl (C=O) groups excluding carboxylic acids is 1. The molecule has 0 unspecified atom stereocenters. The molecule has 1 N–H and O–H groups in total. The Bertz CT molecular complexity index is 669. The van der Waals surface area contributed by atoms with Crippen LogP contribution in [0.25, 0.3) is 0 Å². The maximum Gasteiger partial charge on any atom is 0.309 e. The Balaban J connectivity index is 1.82. The van der Waals surface area contributed by atoms with Crippen molar-refractivity contribution in [3.8, 4) is 0 Å². The fourth-order valence-corrected chi connectivity index (χ4v) is 7.86. The predicted molar refractivity (Wildman–Crippen MR) is 98.4 cm³/mol. The number of carboxylic acid groups (broad SMARTS) is 1. The van der Waals surface area contributed by atoms with Crippen molar-refractivity contribution in [1.82, 2.24) is 0 Å². The van der Waals surface area contributed by atoms with Gasteiger partial charge < -0.3 is 9.84 Å². The van der Waals surface area contributed by atoms with Crippen molar-refractivity contribution in [2.24, 2.45) is 34.0 Å². The molecule has 4 rings (SSSR count). The zero-order valence-corrected chi connectivity index (χ0v) is 16.3. The minimum atomic E-state index is -0.723. The van der Waals surface area contributed by atoms with Crippen molar-refractivity contribution < 1.29 is 19.4 Å². The molecule has 1 spiro atoms. The van der Waals surface area contributed by atoms with Gasteiger partial charge in [0.1, 0.15) is 6.10 Å². The second-order valence-electron chi connectivity index (χ2n) is 10.1. The van der Waals surface area contributed by atoms with Crippen LogP contribution in [0.3, 0.4) is 0 Å². The fourth-order valence-electron chi connectivity index (χ4n) is 7.86. The van der Waals surface area contributed by atoms with Crippen LogP contribution >= 0.6 is 0 Å². The highest BCUT2D eigenvalue weighted by Crippen LogP contribution is 2.72. The molecule has 4 nitrogen and oxygen atoms in total. The van der Waals surface area contributed by atoms with E-state index < -0.39 is 11.4 Å². The van der Waals surface area contributed by atoms with E-state index in [1.165, 1.54) is 12.5 Å². The van der Waals surface area contributed by atoms with Gasteiger partial charge >= 0.3 is 11.9 Å². The number of hydrogen-bond acceptors (Lipinski definition) is 3. The molecular weight excluding hydrogens is 328 g/mol. The monoisotopic (exact) mass is 360 g/mol. The van der Waals surface area contributed by atoms with E-state index in [4.69, 9.17) is 4.74 Å². The van der Waals surface area contributed by atoms with Gasteiger partial charge in [-0.1, -0.05) is 25.5 Å². The third kappa shape index (κ3) is 2.20. The van der Waals surface area contributed by atoms with E-state index in [9.17, 15) is 14.7 Å². The highest BCUT2D eigenvalue weighted by molar-refractivity contribution is 5.75. The minimum Gasteiger partial charge on any atom is -0.481 e. The Hall–Kier alpha value is -1.32. The molecule has 4 heteroatoms.